The van der Waals surface area contributed by atoms with E-state index in [4.69, 9.17) is 0 Å². The van der Waals surface area contributed by atoms with Gasteiger partial charge < -0.3 is 0 Å². The fourth-order valence-corrected chi connectivity index (χ4v) is 0.264. The zero-order valence-corrected chi connectivity index (χ0v) is 3.67. The first-order valence-corrected chi connectivity index (χ1v) is 1.80. The Morgan fingerprint density at radius 1 is 1.38 bits per heavy atom. The molecule has 42 valence electrons. The molecule has 0 bridgehead atoms. The lowest BCUT2D eigenvalue weighted by Gasteiger charge is -1.81. The molecule has 1 heterocycles. The van der Waals surface area contributed by atoms with Crippen LogP contribution in [0, 0.1) is 12.0 Å². The van der Waals surface area contributed by atoms with Gasteiger partial charge in [0.25, 0.3) is 0 Å². The Bertz CT molecular complexity index is 172. The van der Waals surface area contributed by atoms with Gasteiger partial charge in [0.05, 0.1) is 0 Å². The lowest BCUT2D eigenvalue weighted by molar-refractivity contribution is 0.461. The van der Waals surface area contributed by atoms with E-state index in [1.54, 1.807) is 0 Å². The number of nitrogens with zero attached hydrogens (tertiary/aromatic N) is 3. The van der Waals surface area contributed by atoms with Crippen LogP contribution in [0.1, 0.15) is 0 Å². The second kappa shape index (κ2) is 1.77. The van der Waals surface area contributed by atoms with Crippen LogP contribution >= 0.6 is 0 Å². The van der Waals surface area contributed by atoms with Gasteiger partial charge in [0.15, 0.2) is 0 Å². The van der Waals surface area contributed by atoms with Crippen LogP contribution in [0.2, 0.25) is 0 Å². The zero-order chi connectivity index (χ0) is 5.98. The molecule has 0 radical (unpaired) electrons. The minimum atomic E-state index is -1.15. The molecule has 3 nitrogen and oxygen atoms in total. The van der Waals surface area contributed by atoms with Gasteiger partial charge in [-0.3, -0.25) is 0 Å². The normalized spacial score (nSPS) is 9.25. The summed E-state index contributed by atoms with van der Waals surface area (Å²) in [5.41, 5.74) is 0. The SMILES string of the molecule is Fc1cnnc(F)n1. The van der Waals surface area contributed by atoms with E-state index < -0.39 is 12.0 Å². The molecule has 1 rings (SSSR count). The van der Waals surface area contributed by atoms with Crippen molar-refractivity contribution in [1.29, 1.82) is 0 Å². The first-order chi connectivity index (χ1) is 3.79. The van der Waals surface area contributed by atoms with E-state index in [-0.39, 0.29) is 0 Å². The molecule has 0 saturated heterocycles. The van der Waals surface area contributed by atoms with Gasteiger partial charge in [0.2, 0.25) is 5.95 Å². The van der Waals surface area contributed by atoms with Crippen LogP contribution in [-0.4, -0.2) is 15.2 Å². The maximum atomic E-state index is 11.7. The minimum absolute atomic E-state index is 0.725. The van der Waals surface area contributed by atoms with Crippen LogP contribution in [-0.2, 0) is 0 Å². The number of hydrogen-bond donors (Lipinski definition) is 0. The van der Waals surface area contributed by atoms with Crippen molar-refractivity contribution in [3.05, 3.63) is 18.2 Å². The molecule has 0 fully saturated rings. The Morgan fingerprint density at radius 2 is 2.12 bits per heavy atom. The highest BCUT2D eigenvalue weighted by atomic mass is 19.1. The van der Waals surface area contributed by atoms with Gasteiger partial charge in [0.1, 0.15) is 6.20 Å². The summed E-state index contributed by atoms with van der Waals surface area (Å²) in [6.45, 7) is 0. The highest BCUT2D eigenvalue weighted by Crippen LogP contribution is 1.85. The molecular weight excluding hydrogens is 116 g/mol. The number of hydrogen-bond acceptors (Lipinski definition) is 3. The monoisotopic (exact) mass is 117 g/mol. The third-order valence-electron chi connectivity index (χ3n) is 0.504. The summed E-state index contributed by atoms with van der Waals surface area (Å²) in [5.74, 6) is -0.961. The van der Waals surface area contributed by atoms with Gasteiger partial charge in [-0.05, 0) is 0 Å². The summed E-state index contributed by atoms with van der Waals surface area (Å²) in [6, 6.07) is 0. The fourth-order valence-electron chi connectivity index (χ4n) is 0.264. The Kier molecular flexibility index (Phi) is 1.11. The van der Waals surface area contributed by atoms with E-state index >= 15 is 0 Å². The Balaban J connectivity index is 3.08. The van der Waals surface area contributed by atoms with Gasteiger partial charge in [-0.25, -0.2) is 0 Å². The van der Waals surface area contributed by atoms with Crippen molar-refractivity contribution < 1.29 is 8.78 Å². The van der Waals surface area contributed by atoms with Gasteiger partial charge in [-0.15, -0.1) is 5.10 Å². The molecule has 0 aliphatic heterocycles. The molecule has 0 amide bonds. The summed E-state index contributed by atoms with van der Waals surface area (Å²) in [7, 11) is 0. The molecule has 0 unspecified atom stereocenters. The van der Waals surface area contributed by atoms with Crippen LogP contribution in [0.4, 0.5) is 8.78 Å². The lowest BCUT2D eigenvalue weighted by atomic mass is 10.9. The van der Waals surface area contributed by atoms with Gasteiger partial charge in [0, 0.05) is 0 Å². The standard InChI is InChI=1S/C3HF2N3/c4-2-1-6-8-3(5)7-2/h1H. The molecule has 0 N–H and O–H groups in total. The Labute approximate surface area is 43.4 Å². The van der Waals surface area contributed by atoms with Crippen molar-refractivity contribution in [3.8, 4) is 0 Å². The van der Waals surface area contributed by atoms with Crippen molar-refractivity contribution in [2.24, 2.45) is 0 Å². The zero-order valence-electron chi connectivity index (χ0n) is 3.67. The fraction of sp³-hybridized carbons (Fsp3) is 0. The molecule has 0 aromatic carbocycles. The first kappa shape index (κ1) is 5.02. The van der Waals surface area contributed by atoms with Crippen molar-refractivity contribution >= 4 is 0 Å². The van der Waals surface area contributed by atoms with E-state index in [0.29, 0.717) is 0 Å². The number of aromatic nitrogens is 3. The number of halogens is 2. The molecule has 5 heteroatoms. The maximum Gasteiger partial charge on any atom is 0.329 e. The summed E-state index contributed by atoms with van der Waals surface area (Å²) >= 11 is 0. The molecule has 0 aliphatic rings. The molecular formula is C3HF2N3. The number of rotatable bonds is 0. The highest BCUT2D eigenvalue weighted by Gasteiger charge is 1.93. The third-order valence-corrected chi connectivity index (χ3v) is 0.504. The highest BCUT2D eigenvalue weighted by molar-refractivity contribution is 4.68. The van der Waals surface area contributed by atoms with Crippen LogP contribution in [0.15, 0.2) is 6.20 Å². The smallest absolute Gasteiger partial charge is 0.183 e. The molecule has 0 saturated carbocycles. The van der Waals surface area contributed by atoms with E-state index in [1.807, 2.05) is 0 Å². The van der Waals surface area contributed by atoms with Crippen LogP contribution < -0.4 is 0 Å². The van der Waals surface area contributed by atoms with Gasteiger partial charge in [-0.2, -0.15) is 13.8 Å². The Morgan fingerprint density at radius 3 is 2.50 bits per heavy atom. The molecule has 0 aliphatic carbocycles. The van der Waals surface area contributed by atoms with Crippen molar-refractivity contribution in [2.45, 2.75) is 0 Å². The van der Waals surface area contributed by atoms with E-state index in [9.17, 15) is 8.78 Å². The molecule has 8 heavy (non-hydrogen) atoms. The summed E-state index contributed by atoms with van der Waals surface area (Å²) in [4.78, 5) is 2.67. The summed E-state index contributed by atoms with van der Waals surface area (Å²) in [5, 5.41) is 5.69. The molecule has 0 atom stereocenters. The topological polar surface area (TPSA) is 38.7 Å². The molecule has 1 aromatic heterocycles. The third kappa shape index (κ3) is 0.927. The predicted octanol–water partition coefficient (Wildman–Crippen LogP) is 0.150. The van der Waals surface area contributed by atoms with Crippen LogP contribution in [0.25, 0.3) is 0 Å². The largest absolute Gasteiger partial charge is 0.329 e. The first-order valence-electron chi connectivity index (χ1n) is 1.80. The second-order valence-corrected chi connectivity index (χ2v) is 1.05. The van der Waals surface area contributed by atoms with Crippen molar-refractivity contribution in [1.82, 2.24) is 15.2 Å². The predicted molar refractivity (Wildman–Crippen MR) is 19.7 cm³/mol. The van der Waals surface area contributed by atoms with E-state index in [0.717, 1.165) is 6.20 Å². The average molecular weight is 117 g/mol. The molecule has 1 aromatic rings. The van der Waals surface area contributed by atoms with Gasteiger partial charge in [-0.1, -0.05) is 5.10 Å². The van der Waals surface area contributed by atoms with Crippen molar-refractivity contribution in [3.63, 3.8) is 0 Å². The minimum Gasteiger partial charge on any atom is -0.183 e. The Hall–Kier alpha value is -1.13. The lowest BCUT2D eigenvalue weighted by Crippen LogP contribution is -1.93. The average Bonchev–Trinajstić information content (AvgIpc) is 1.64. The molecule has 0 spiro atoms. The van der Waals surface area contributed by atoms with Gasteiger partial charge >= 0.3 is 6.08 Å². The van der Waals surface area contributed by atoms with Crippen LogP contribution in [0.3, 0.4) is 0 Å². The van der Waals surface area contributed by atoms with E-state index in [1.165, 1.54) is 0 Å². The summed E-state index contributed by atoms with van der Waals surface area (Å²) in [6.07, 6.45) is -0.423. The second-order valence-electron chi connectivity index (χ2n) is 1.05. The van der Waals surface area contributed by atoms with E-state index in [2.05, 4.69) is 15.2 Å². The quantitative estimate of drug-likeness (QED) is 0.485. The summed E-state index contributed by atoms with van der Waals surface area (Å²) < 4.78 is 23.4. The van der Waals surface area contributed by atoms with Crippen molar-refractivity contribution in [2.75, 3.05) is 0 Å². The van der Waals surface area contributed by atoms with Crippen LogP contribution in [0.5, 0.6) is 0 Å². The maximum absolute atomic E-state index is 11.7.